The fourth-order valence-corrected chi connectivity index (χ4v) is 4.48. The molecule has 0 saturated heterocycles. The highest BCUT2D eigenvalue weighted by Crippen LogP contribution is 2.41. The molecule has 0 fully saturated rings. The van der Waals surface area contributed by atoms with E-state index in [0.717, 1.165) is 23.1 Å². The fraction of sp³-hybridized carbons (Fsp3) is 0.333. The molecule has 0 amide bonds. The molecule has 0 aliphatic carbocycles. The predicted molar refractivity (Wildman–Crippen MR) is 121 cm³/mol. The quantitative estimate of drug-likeness (QED) is 0.636. The van der Waals surface area contributed by atoms with E-state index in [4.69, 9.17) is 9.47 Å². The highest BCUT2D eigenvalue weighted by Gasteiger charge is 2.33. The van der Waals surface area contributed by atoms with Crippen molar-refractivity contribution in [3.8, 4) is 23.1 Å². The van der Waals surface area contributed by atoms with Gasteiger partial charge in [0.1, 0.15) is 0 Å². The third-order valence-electron chi connectivity index (χ3n) is 6.12. The van der Waals surface area contributed by atoms with Crippen LogP contribution in [-0.4, -0.2) is 47.4 Å². The summed E-state index contributed by atoms with van der Waals surface area (Å²) in [5, 5.41) is 11.3. The average Bonchev–Trinajstić information content (AvgIpc) is 2.79. The Kier molecular flexibility index (Phi) is 5.80. The van der Waals surface area contributed by atoms with Gasteiger partial charge in [0.05, 0.1) is 31.5 Å². The maximum atomic E-state index is 13.0. The minimum atomic E-state index is -0.678. The number of aromatic nitrogens is 2. The van der Waals surface area contributed by atoms with E-state index in [1.165, 1.54) is 4.57 Å². The molecule has 1 atom stereocenters. The first-order valence-electron chi connectivity index (χ1n) is 10.5. The van der Waals surface area contributed by atoms with Crippen LogP contribution in [0.15, 0.2) is 46.0 Å². The zero-order valence-electron chi connectivity index (χ0n) is 18.6. The molecule has 0 saturated carbocycles. The fourth-order valence-electron chi connectivity index (χ4n) is 4.48. The number of likely N-dealkylation sites (N-methyl/N-ethyl adjacent to an activating group) is 1. The van der Waals surface area contributed by atoms with E-state index in [1.807, 2.05) is 43.1 Å². The Morgan fingerprint density at radius 2 is 1.81 bits per heavy atom. The van der Waals surface area contributed by atoms with E-state index >= 15 is 0 Å². The molecule has 0 radical (unpaired) electrons. The smallest absolute Gasteiger partial charge is 0.335 e. The van der Waals surface area contributed by atoms with Crippen molar-refractivity contribution >= 4 is 0 Å². The van der Waals surface area contributed by atoms with E-state index in [9.17, 15) is 14.7 Å². The van der Waals surface area contributed by atoms with Gasteiger partial charge < -0.3 is 14.6 Å². The number of para-hydroxylation sites is 1. The van der Waals surface area contributed by atoms with Gasteiger partial charge in [0.15, 0.2) is 11.5 Å². The van der Waals surface area contributed by atoms with Crippen LogP contribution in [-0.2, 0) is 12.8 Å². The molecule has 4 rings (SSSR count). The van der Waals surface area contributed by atoms with Crippen LogP contribution in [0.25, 0.3) is 5.69 Å². The number of benzene rings is 2. The molecule has 0 spiro atoms. The van der Waals surface area contributed by atoms with Gasteiger partial charge in [-0.25, -0.2) is 9.36 Å². The highest BCUT2D eigenvalue weighted by atomic mass is 16.5. The third-order valence-corrected chi connectivity index (χ3v) is 6.12. The van der Waals surface area contributed by atoms with Crippen LogP contribution in [0.5, 0.6) is 17.4 Å². The molecule has 1 aliphatic heterocycles. The zero-order valence-corrected chi connectivity index (χ0v) is 18.6. The molecule has 1 aliphatic rings. The number of ether oxygens (including phenoxy) is 2. The second-order valence-corrected chi connectivity index (χ2v) is 7.85. The number of methoxy groups -OCH3 is 2. The van der Waals surface area contributed by atoms with Crippen LogP contribution in [0.3, 0.4) is 0 Å². The van der Waals surface area contributed by atoms with E-state index < -0.39 is 17.3 Å². The minimum absolute atomic E-state index is 0.117. The average molecular weight is 437 g/mol. The van der Waals surface area contributed by atoms with Crippen molar-refractivity contribution < 1.29 is 14.6 Å². The molecule has 0 bridgehead atoms. The lowest BCUT2D eigenvalue weighted by atomic mass is 9.88. The molecule has 8 nitrogen and oxygen atoms in total. The highest BCUT2D eigenvalue weighted by molar-refractivity contribution is 5.53. The van der Waals surface area contributed by atoms with Crippen LogP contribution in [0, 0.1) is 0 Å². The van der Waals surface area contributed by atoms with Gasteiger partial charge in [0.2, 0.25) is 5.88 Å². The summed E-state index contributed by atoms with van der Waals surface area (Å²) in [6, 6.07) is 10.5. The van der Waals surface area contributed by atoms with Crippen molar-refractivity contribution in [2.75, 3.05) is 27.8 Å². The molecule has 32 heavy (non-hydrogen) atoms. The van der Waals surface area contributed by atoms with Crippen molar-refractivity contribution in [1.82, 2.24) is 14.5 Å². The van der Waals surface area contributed by atoms with E-state index in [2.05, 4.69) is 4.98 Å². The van der Waals surface area contributed by atoms with Gasteiger partial charge in [-0.15, -0.1) is 0 Å². The zero-order chi connectivity index (χ0) is 23.0. The number of nitrogens with one attached hydrogen (secondary N) is 1. The van der Waals surface area contributed by atoms with Gasteiger partial charge in [-0.2, -0.15) is 0 Å². The molecule has 168 valence electrons. The topological polar surface area (TPSA) is 96.8 Å². The molecule has 2 heterocycles. The number of aromatic amines is 1. The van der Waals surface area contributed by atoms with Crippen LogP contribution in [0.2, 0.25) is 0 Å². The Balaban J connectivity index is 1.99. The van der Waals surface area contributed by atoms with E-state index in [-0.39, 0.29) is 11.4 Å². The van der Waals surface area contributed by atoms with Crippen LogP contribution in [0.4, 0.5) is 0 Å². The lowest BCUT2D eigenvalue weighted by molar-refractivity contribution is 0.253. The molecule has 1 unspecified atom stereocenters. The molecule has 8 heteroatoms. The summed E-state index contributed by atoms with van der Waals surface area (Å²) in [6.45, 7) is 2.63. The SMILES string of the molecule is CCc1ccccc1-n1c(O)c(C2c3cc(OC)c(OC)cc3CCN2C)c(=O)[nH]c1=O. The Hall–Kier alpha value is -3.52. The van der Waals surface area contributed by atoms with Crippen molar-refractivity contribution in [2.24, 2.45) is 0 Å². The van der Waals surface area contributed by atoms with Crippen LogP contribution >= 0.6 is 0 Å². The van der Waals surface area contributed by atoms with Gasteiger partial charge >= 0.3 is 5.69 Å². The van der Waals surface area contributed by atoms with Crippen molar-refractivity contribution in [1.29, 1.82) is 0 Å². The summed E-state index contributed by atoms with van der Waals surface area (Å²) in [4.78, 5) is 30.2. The van der Waals surface area contributed by atoms with Gasteiger partial charge in [-0.3, -0.25) is 14.7 Å². The Morgan fingerprint density at radius 1 is 1.12 bits per heavy atom. The number of rotatable bonds is 5. The third kappa shape index (κ3) is 3.46. The largest absolute Gasteiger partial charge is 0.494 e. The first-order valence-corrected chi connectivity index (χ1v) is 10.5. The van der Waals surface area contributed by atoms with Gasteiger partial charge in [0, 0.05) is 6.54 Å². The standard InChI is InChI=1S/C24H27N3O5/c1-5-14-8-6-7-9-17(14)27-23(29)20(22(28)25-24(27)30)21-16-13-19(32-4)18(31-3)12-15(16)10-11-26(21)2/h6-9,12-13,21,29H,5,10-11H2,1-4H3,(H,25,28,30). The maximum absolute atomic E-state index is 13.0. The van der Waals surface area contributed by atoms with E-state index in [0.29, 0.717) is 30.2 Å². The number of aryl methyl sites for hydroxylation is 1. The first-order chi connectivity index (χ1) is 15.4. The molecule has 1 aromatic heterocycles. The number of fused-ring (bicyclic) bond motifs is 1. The van der Waals surface area contributed by atoms with Gasteiger partial charge in [0.25, 0.3) is 5.56 Å². The normalized spacial score (nSPS) is 15.9. The lowest BCUT2D eigenvalue weighted by Crippen LogP contribution is -2.39. The Morgan fingerprint density at radius 3 is 2.50 bits per heavy atom. The monoisotopic (exact) mass is 437 g/mol. The second-order valence-electron chi connectivity index (χ2n) is 7.85. The summed E-state index contributed by atoms with van der Waals surface area (Å²) < 4.78 is 12.1. The Bertz CT molecular complexity index is 1280. The minimum Gasteiger partial charge on any atom is -0.494 e. The number of hydrogen-bond acceptors (Lipinski definition) is 6. The molecule has 2 aromatic carbocycles. The number of hydrogen-bond donors (Lipinski definition) is 2. The summed E-state index contributed by atoms with van der Waals surface area (Å²) in [5.74, 6) is 0.779. The van der Waals surface area contributed by atoms with Crippen molar-refractivity contribution in [3.63, 3.8) is 0 Å². The molecule has 3 aromatic rings. The number of H-pyrrole nitrogens is 1. The van der Waals surface area contributed by atoms with Gasteiger partial charge in [-0.1, -0.05) is 25.1 Å². The molecule has 2 N–H and O–H groups in total. The van der Waals surface area contributed by atoms with Gasteiger partial charge in [-0.05, 0) is 54.8 Å². The van der Waals surface area contributed by atoms with Crippen LogP contribution in [0.1, 0.15) is 35.2 Å². The maximum Gasteiger partial charge on any atom is 0.335 e. The van der Waals surface area contributed by atoms with E-state index in [1.54, 1.807) is 26.4 Å². The summed E-state index contributed by atoms with van der Waals surface area (Å²) in [5.41, 5.74) is 2.07. The number of nitrogens with zero attached hydrogens (tertiary/aromatic N) is 2. The first kappa shape index (κ1) is 21.7. The number of aromatic hydroxyl groups is 1. The summed E-state index contributed by atoms with van der Waals surface area (Å²) in [7, 11) is 5.02. The summed E-state index contributed by atoms with van der Waals surface area (Å²) >= 11 is 0. The predicted octanol–water partition coefficient (Wildman–Crippen LogP) is 2.39. The van der Waals surface area contributed by atoms with Crippen LogP contribution < -0.4 is 20.7 Å². The Labute approximate surface area is 185 Å². The summed E-state index contributed by atoms with van der Waals surface area (Å²) in [6.07, 6.45) is 1.42. The molecular weight excluding hydrogens is 410 g/mol. The second kappa shape index (κ2) is 8.55. The molecular formula is C24H27N3O5. The lowest BCUT2D eigenvalue weighted by Gasteiger charge is -2.35. The van der Waals surface area contributed by atoms with Crippen molar-refractivity contribution in [3.05, 3.63) is 79.5 Å². The van der Waals surface area contributed by atoms with Crippen molar-refractivity contribution in [2.45, 2.75) is 25.8 Å².